The molecule has 0 atom stereocenters. The second-order valence-electron chi connectivity index (χ2n) is 6.25. The minimum Gasteiger partial charge on any atom is -0.354 e. The summed E-state index contributed by atoms with van der Waals surface area (Å²) in [5.41, 5.74) is 1.23. The average Bonchev–Trinajstić information content (AvgIpc) is 2.58. The number of rotatable bonds is 2. The number of aryl methyl sites for hydroxylation is 1. The monoisotopic (exact) mass is 304 g/mol. The van der Waals surface area contributed by atoms with Gasteiger partial charge in [0.25, 0.3) is 0 Å². The number of likely N-dealkylation sites (tertiary alicyclic amines) is 1. The lowest BCUT2D eigenvalue weighted by molar-refractivity contribution is 0.115. The molecule has 0 radical (unpaired) electrons. The number of anilines is 1. The van der Waals surface area contributed by atoms with E-state index in [1.807, 2.05) is 20.0 Å². The molecule has 0 unspecified atom stereocenters. The molecule has 0 bridgehead atoms. The number of nitrogens with zero attached hydrogens (tertiary/aromatic N) is 4. The maximum Gasteiger partial charge on any atom is 0.128 e. The average molecular weight is 304 g/mol. The minimum absolute atomic E-state index is 0.805. The van der Waals surface area contributed by atoms with Crippen LogP contribution in [0.4, 0.5) is 5.82 Å². The fourth-order valence-electron chi connectivity index (χ4n) is 3.32. The molecule has 2 aliphatic heterocycles. The van der Waals surface area contributed by atoms with Crippen molar-refractivity contribution in [2.45, 2.75) is 39.7 Å². The molecule has 4 heteroatoms. The van der Waals surface area contributed by atoms with Gasteiger partial charge in [-0.15, -0.1) is 0 Å². The number of aromatic nitrogens is 1. The number of piperidine rings is 1. The summed E-state index contributed by atoms with van der Waals surface area (Å²) in [5.74, 6) is 1.14. The second-order valence-corrected chi connectivity index (χ2v) is 6.25. The minimum atomic E-state index is 0.805. The van der Waals surface area contributed by atoms with Crippen LogP contribution in [0.1, 0.15) is 32.3 Å². The number of hydrogen-bond acceptors (Lipinski definition) is 4. The molecule has 0 aliphatic carbocycles. The first-order valence-corrected chi connectivity index (χ1v) is 8.82. The number of pyridine rings is 1. The van der Waals surface area contributed by atoms with E-state index < -0.39 is 0 Å². The summed E-state index contributed by atoms with van der Waals surface area (Å²) in [6.07, 6.45) is 4.64. The van der Waals surface area contributed by atoms with Gasteiger partial charge in [-0.05, 0) is 51.5 Å². The quantitative estimate of drug-likeness (QED) is 0.838. The Hall–Kier alpha value is -1.13. The Bertz CT molecular complexity index is 415. The normalized spacial score (nSPS) is 21.4. The molecule has 4 nitrogen and oxygen atoms in total. The van der Waals surface area contributed by atoms with Crippen LogP contribution < -0.4 is 4.90 Å². The molecular formula is C18H32N4. The van der Waals surface area contributed by atoms with Gasteiger partial charge in [0.1, 0.15) is 5.82 Å². The van der Waals surface area contributed by atoms with Gasteiger partial charge in [0.2, 0.25) is 0 Å². The topological polar surface area (TPSA) is 22.6 Å². The highest BCUT2D eigenvalue weighted by molar-refractivity contribution is 5.39. The Labute approximate surface area is 136 Å². The van der Waals surface area contributed by atoms with Crippen LogP contribution in [0, 0.1) is 6.92 Å². The highest BCUT2D eigenvalue weighted by atomic mass is 15.3. The fraction of sp³-hybridized carbons (Fsp3) is 0.722. The summed E-state index contributed by atoms with van der Waals surface area (Å²) < 4.78 is 0. The summed E-state index contributed by atoms with van der Waals surface area (Å²) in [4.78, 5) is 12.1. The van der Waals surface area contributed by atoms with Crippen LogP contribution in [0.2, 0.25) is 0 Å². The van der Waals surface area contributed by atoms with Crippen molar-refractivity contribution >= 4 is 5.82 Å². The van der Waals surface area contributed by atoms with Crippen LogP contribution in [0.5, 0.6) is 0 Å². The Morgan fingerprint density at radius 1 is 0.955 bits per heavy atom. The molecule has 2 fully saturated rings. The van der Waals surface area contributed by atoms with E-state index in [-0.39, 0.29) is 0 Å². The van der Waals surface area contributed by atoms with Crippen molar-refractivity contribution in [3.8, 4) is 0 Å². The Kier molecular flexibility index (Phi) is 6.65. The van der Waals surface area contributed by atoms with Crippen molar-refractivity contribution in [3.63, 3.8) is 0 Å². The van der Waals surface area contributed by atoms with E-state index in [0.29, 0.717) is 0 Å². The van der Waals surface area contributed by atoms with Crippen LogP contribution in [-0.4, -0.2) is 67.1 Å². The van der Waals surface area contributed by atoms with Gasteiger partial charge in [0.05, 0.1) is 0 Å². The van der Waals surface area contributed by atoms with Crippen molar-refractivity contribution in [1.82, 2.24) is 14.8 Å². The lowest BCUT2D eigenvalue weighted by Gasteiger charge is -2.42. The van der Waals surface area contributed by atoms with Gasteiger partial charge in [-0.2, -0.15) is 0 Å². The smallest absolute Gasteiger partial charge is 0.128 e. The van der Waals surface area contributed by atoms with E-state index in [0.717, 1.165) is 24.9 Å². The van der Waals surface area contributed by atoms with Crippen LogP contribution in [-0.2, 0) is 0 Å². The predicted octanol–water partition coefficient (Wildman–Crippen LogP) is 2.63. The highest BCUT2D eigenvalue weighted by Crippen LogP contribution is 2.19. The Morgan fingerprint density at radius 3 is 2.14 bits per heavy atom. The fourth-order valence-corrected chi connectivity index (χ4v) is 3.32. The standard InChI is InChI=1S/C16H26N4.C2H6/c1-14-3-4-16(17-13-14)20-11-9-19(10-12-20)15-5-7-18(2)8-6-15;1-2/h3-4,13,15H,5-12H2,1-2H3;1-2H3. The molecule has 124 valence electrons. The van der Waals surface area contributed by atoms with E-state index >= 15 is 0 Å². The van der Waals surface area contributed by atoms with E-state index in [1.54, 1.807) is 0 Å². The third-order valence-corrected chi connectivity index (χ3v) is 4.74. The number of piperazine rings is 1. The van der Waals surface area contributed by atoms with Crippen LogP contribution >= 0.6 is 0 Å². The second kappa shape index (κ2) is 8.49. The third-order valence-electron chi connectivity index (χ3n) is 4.74. The lowest BCUT2D eigenvalue weighted by atomic mass is 10.0. The van der Waals surface area contributed by atoms with Crippen LogP contribution in [0.3, 0.4) is 0 Å². The SMILES string of the molecule is CC.Cc1ccc(N2CCN(C3CCN(C)CC3)CC2)nc1. The predicted molar refractivity (Wildman–Crippen MR) is 94.6 cm³/mol. The van der Waals surface area contributed by atoms with E-state index in [4.69, 9.17) is 0 Å². The van der Waals surface area contributed by atoms with Crippen molar-refractivity contribution < 1.29 is 0 Å². The maximum atomic E-state index is 4.55. The molecule has 1 aromatic heterocycles. The van der Waals surface area contributed by atoms with Crippen molar-refractivity contribution in [1.29, 1.82) is 0 Å². The molecule has 22 heavy (non-hydrogen) atoms. The van der Waals surface area contributed by atoms with Crippen molar-refractivity contribution in [3.05, 3.63) is 23.9 Å². The third kappa shape index (κ3) is 4.43. The molecule has 0 spiro atoms. The van der Waals surface area contributed by atoms with E-state index in [9.17, 15) is 0 Å². The van der Waals surface area contributed by atoms with Crippen molar-refractivity contribution in [2.24, 2.45) is 0 Å². The zero-order valence-electron chi connectivity index (χ0n) is 14.8. The summed E-state index contributed by atoms with van der Waals surface area (Å²) in [7, 11) is 2.23. The molecule has 0 N–H and O–H groups in total. The van der Waals surface area contributed by atoms with Gasteiger partial charge in [0.15, 0.2) is 0 Å². The molecular weight excluding hydrogens is 272 g/mol. The summed E-state index contributed by atoms with van der Waals surface area (Å²) >= 11 is 0. The number of hydrogen-bond donors (Lipinski definition) is 0. The first-order valence-electron chi connectivity index (χ1n) is 8.82. The summed E-state index contributed by atoms with van der Waals surface area (Å²) in [6, 6.07) is 5.12. The van der Waals surface area contributed by atoms with Gasteiger partial charge in [-0.3, -0.25) is 4.90 Å². The molecule has 3 heterocycles. The summed E-state index contributed by atoms with van der Waals surface area (Å²) in [5, 5.41) is 0. The van der Waals surface area contributed by atoms with Crippen LogP contribution in [0.15, 0.2) is 18.3 Å². The molecule has 0 amide bonds. The molecule has 3 rings (SSSR count). The highest BCUT2D eigenvalue weighted by Gasteiger charge is 2.26. The molecule has 1 aromatic rings. The van der Waals surface area contributed by atoms with Gasteiger partial charge in [-0.1, -0.05) is 19.9 Å². The molecule has 2 saturated heterocycles. The maximum absolute atomic E-state index is 4.55. The molecule has 2 aliphatic rings. The molecule has 0 saturated carbocycles. The zero-order chi connectivity index (χ0) is 15.9. The zero-order valence-corrected chi connectivity index (χ0v) is 14.8. The van der Waals surface area contributed by atoms with E-state index in [2.05, 4.69) is 45.8 Å². The first kappa shape index (κ1) is 17.2. The Balaban J connectivity index is 0.000000847. The van der Waals surface area contributed by atoms with Crippen LogP contribution in [0.25, 0.3) is 0 Å². The first-order chi connectivity index (χ1) is 10.7. The van der Waals surface area contributed by atoms with Gasteiger partial charge >= 0.3 is 0 Å². The Morgan fingerprint density at radius 2 is 1.59 bits per heavy atom. The largest absolute Gasteiger partial charge is 0.354 e. The van der Waals surface area contributed by atoms with E-state index in [1.165, 1.54) is 44.6 Å². The lowest BCUT2D eigenvalue weighted by Crippen LogP contribution is -2.53. The van der Waals surface area contributed by atoms with Gasteiger partial charge in [0, 0.05) is 38.4 Å². The molecule has 0 aromatic carbocycles. The summed E-state index contributed by atoms with van der Waals surface area (Å²) in [6.45, 7) is 13.2. The van der Waals surface area contributed by atoms with Crippen molar-refractivity contribution in [2.75, 3.05) is 51.2 Å². The van der Waals surface area contributed by atoms with Gasteiger partial charge < -0.3 is 9.80 Å². The van der Waals surface area contributed by atoms with Gasteiger partial charge in [-0.25, -0.2) is 4.98 Å².